The van der Waals surface area contributed by atoms with Crippen LogP contribution < -0.4 is 15.5 Å². The van der Waals surface area contributed by atoms with E-state index >= 15 is 0 Å². The van der Waals surface area contributed by atoms with E-state index in [1.54, 1.807) is 4.90 Å². The SMILES string of the molecule is O=C1CCN(c2cccc3c2ccn3[C@H]2CCCNC2)C(=O)N1. The van der Waals surface area contributed by atoms with Gasteiger partial charge in [-0.3, -0.25) is 15.0 Å². The van der Waals surface area contributed by atoms with Crippen LogP contribution in [0.1, 0.15) is 25.3 Å². The minimum Gasteiger partial charge on any atom is -0.343 e. The lowest BCUT2D eigenvalue weighted by Gasteiger charge is -2.28. The van der Waals surface area contributed by atoms with Crippen LogP contribution in [-0.2, 0) is 4.79 Å². The summed E-state index contributed by atoms with van der Waals surface area (Å²) >= 11 is 0. The number of hydrogen-bond donors (Lipinski definition) is 2. The van der Waals surface area contributed by atoms with Crippen molar-refractivity contribution in [2.24, 2.45) is 0 Å². The van der Waals surface area contributed by atoms with Crippen molar-refractivity contribution in [3.05, 3.63) is 30.5 Å². The van der Waals surface area contributed by atoms with Crippen LogP contribution in [0.25, 0.3) is 10.9 Å². The average Bonchev–Trinajstić information content (AvgIpc) is 3.00. The number of anilines is 1. The normalized spacial score (nSPS) is 22.4. The largest absolute Gasteiger partial charge is 0.343 e. The molecule has 2 aliphatic rings. The Hall–Kier alpha value is -2.34. The lowest BCUT2D eigenvalue weighted by Crippen LogP contribution is -2.49. The maximum atomic E-state index is 12.1. The Morgan fingerprint density at radius 3 is 2.87 bits per heavy atom. The fourth-order valence-electron chi connectivity index (χ4n) is 3.59. The van der Waals surface area contributed by atoms with Crippen LogP contribution in [-0.4, -0.2) is 36.1 Å². The molecule has 0 bridgehead atoms. The number of imide groups is 1. The number of carbonyl (C=O) groups excluding carboxylic acids is 2. The van der Waals surface area contributed by atoms with Crippen LogP contribution >= 0.6 is 0 Å². The minimum atomic E-state index is -0.333. The van der Waals surface area contributed by atoms with Gasteiger partial charge in [-0.2, -0.15) is 0 Å². The first-order chi connectivity index (χ1) is 11.2. The number of nitrogens with one attached hydrogen (secondary N) is 2. The molecule has 6 heteroatoms. The molecule has 0 spiro atoms. The van der Waals surface area contributed by atoms with Crippen molar-refractivity contribution < 1.29 is 9.59 Å². The summed E-state index contributed by atoms with van der Waals surface area (Å²) in [5.41, 5.74) is 2.01. The summed E-state index contributed by atoms with van der Waals surface area (Å²) in [6.45, 7) is 2.50. The molecule has 0 unspecified atom stereocenters. The topological polar surface area (TPSA) is 66.4 Å². The van der Waals surface area contributed by atoms with E-state index in [0.29, 0.717) is 19.0 Å². The third-order valence-corrected chi connectivity index (χ3v) is 4.75. The van der Waals surface area contributed by atoms with Crippen LogP contribution in [0.4, 0.5) is 10.5 Å². The highest BCUT2D eigenvalue weighted by molar-refractivity contribution is 6.09. The molecule has 0 saturated carbocycles. The molecule has 2 aliphatic heterocycles. The molecule has 2 aromatic rings. The number of benzene rings is 1. The number of rotatable bonds is 2. The van der Waals surface area contributed by atoms with E-state index in [0.717, 1.165) is 29.7 Å². The summed E-state index contributed by atoms with van der Waals surface area (Å²) in [6.07, 6.45) is 4.80. The van der Waals surface area contributed by atoms with Crippen LogP contribution in [0.3, 0.4) is 0 Å². The first-order valence-corrected chi connectivity index (χ1v) is 8.15. The zero-order valence-electron chi connectivity index (χ0n) is 12.9. The number of piperidine rings is 1. The summed E-state index contributed by atoms with van der Waals surface area (Å²) < 4.78 is 2.30. The molecule has 120 valence electrons. The molecule has 1 aromatic heterocycles. The van der Waals surface area contributed by atoms with E-state index in [9.17, 15) is 9.59 Å². The van der Waals surface area contributed by atoms with E-state index < -0.39 is 0 Å². The van der Waals surface area contributed by atoms with Crippen LogP contribution in [0, 0.1) is 0 Å². The van der Waals surface area contributed by atoms with E-state index in [-0.39, 0.29) is 11.9 Å². The third-order valence-electron chi connectivity index (χ3n) is 4.75. The van der Waals surface area contributed by atoms with Crippen molar-refractivity contribution >= 4 is 28.5 Å². The second-order valence-electron chi connectivity index (χ2n) is 6.19. The molecule has 23 heavy (non-hydrogen) atoms. The van der Waals surface area contributed by atoms with E-state index in [4.69, 9.17) is 0 Å². The van der Waals surface area contributed by atoms with Gasteiger partial charge in [0.1, 0.15) is 0 Å². The Balaban J connectivity index is 1.73. The number of aromatic nitrogens is 1. The van der Waals surface area contributed by atoms with Crippen molar-refractivity contribution in [1.82, 2.24) is 15.2 Å². The lowest BCUT2D eigenvalue weighted by atomic mass is 10.1. The highest BCUT2D eigenvalue weighted by Gasteiger charge is 2.26. The summed E-state index contributed by atoms with van der Waals surface area (Å²) in [5, 5.41) is 6.90. The van der Waals surface area contributed by atoms with Crippen molar-refractivity contribution in [3.8, 4) is 0 Å². The monoisotopic (exact) mass is 312 g/mol. The smallest absolute Gasteiger partial charge is 0.328 e. The molecule has 1 atom stereocenters. The van der Waals surface area contributed by atoms with Crippen molar-refractivity contribution in [3.63, 3.8) is 0 Å². The van der Waals surface area contributed by atoms with E-state index in [1.807, 2.05) is 12.1 Å². The molecule has 4 rings (SSSR count). The van der Waals surface area contributed by atoms with Gasteiger partial charge in [-0.1, -0.05) is 6.07 Å². The van der Waals surface area contributed by atoms with Gasteiger partial charge in [-0.15, -0.1) is 0 Å². The predicted octanol–water partition coefficient (Wildman–Crippen LogP) is 2.01. The third kappa shape index (κ3) is 2.49. The zero-order valence-corrected chi connectivity index (χ0v) is 12.9. The number of nitrogens with zero attached hydrogens (tertiary/aromatic N) is 2. The Morgan fingerprint density at radius 1 is 1.17 bits per heavy atom. The Morgan fingerprint density at radius 2 is 2.09 bits per heavy atom. The molecule has 6 nitrogen and oxygen atoms in total. The Kier molecular flexibility index (Phi) is 3.53. The molecule has 0 radical (unpaired) electrons. The van der Waals surface area contributed by atoms with E-state index in [2.05, 4.69) is 33.5 Å². The zero-order chi connectivity index (χ0) is 15.8. The average molecular weight is 312 g/mol. The van der Waals surface area contributed by atoms with Gasteiger partial charge in [0.05, 0.1) is 11.2 Å². The van der Waals surface area contributed by atoms with Crippen LogP contribution in [0.5, 0.6) is 0 Å². The summed E-state index contributed by atoms with van der Waals surface area (Å²) in [6, 6.07) is 8.22. The van der Waals surface area contributed by atoms with Crippen molar-refractivity contribution in [2.75, 3.05) is 24.5 Å². The predicted molar refractivity (Wildman–Crippen MR) is 88.6 cm³/mol. The summed E-state index contributed by atoms with van der Waals surface area (Å²) in [5.74, 6) is -0.204. The molecule has 0 aliphatic carbocycles. The Bertz CT molecular complexity index is 761. The van der Waals surface area contributed by atoms with Gasteiger partial charge in [-0.05, 0) is 37.6 Å². The minimum absolute atomic E-state index is 0.204. The summed E-state index contributed by atoms with van der Waals surface area (Å²) in [4.78, 5) is 25.1. The highest BCUT2D eigenvalue weighted by Crippen LogP contribution is 2.31. The molecule has 1 aromatic carbocycles. The van der Waals surface area contributed by atoms with Crippen LogP contribution in [0.15, 0.2) is 30.5 Å². The first kappa shape index (κ1) is 14.3. The Labute approximate surface area is 134 Å². The van der Waals surface area contributed by atoms with Crippen molar-refractivity contribution in [2.45, 2.75) is 25.3 Å². The summed E-state index contributed by atoms with van der Waals surface area (Å²) in [7, 11) is 0. The molecule has 3 heterocycles. The molecule has 3 amide bonds. The van der Waals surface area contributed by atoms with Gasteiger partial charge in [0, 0.05) is 37.1 Å². The second-order valence-corrected chi connectivity index (χ2v) is 6.19. The number of fused-ring (bicyclic) bond motifs is 1. The van der Waals surface area contributed by atoms with Crippen molar-refractivity contribution in [1.29, 1.82) is 0 Å². The molecule has 2 fully saturated rings. The molecular formula is C17H20N4O2. The number of hydrogen-bond acceptors (Lipinski definition) is 3. The molecular weight excluding hydrogens is 292 g/mol. The lowest BCUT2D eigenvalue weighted by molar-refractivity contribution is -0.120. The first-order valence-electron chi connectivity index (χ1n) is 8.15. The van der Waals surface area contributed by atoms with Gasteiger partial charge >= 0.3 is 6.03 Å². The number of amides is 3. The maximum absolute atomic E-state index is 12.1. The second kappa shape index (κ2) is 5.70. The van der Waals surface area contributed by atoms with Gasteiger partial charge in [0.15, 0.2) is 0 Å². The molecule has 2 saturated heterocycles. The number of urea groups is 1. The quantitative estimate of drug-likeness (QED) is 0.891. The van der Waals surface area contributed by atoms with Gasteiger partial charge < -0.3 is 9.88 Å². The molecule has 2 N–H and O–H groups in total. The highest BCUT2D eigenvalue weighted by atomic mass is 16.2. The fourth-order valence-corrected chi connectivity index (χ4v) is 3.59. The van der Waals surface area contributed by atoms with Gasteiger partial charge in [0.2, 0.25) is 5.91 Å². The fraction of sp³-hybridized carbons (Fsp3) is 0.412. The maximum Gasteiger partial charge on any atom is 0.328 e. The standard InChI is InChI=1S/C17H20N4O2/c22-16-7-10-21(17(23)19-16)15-5-1-4-14-13(15)6-9-20(14)12-3-2-8-18-11-12/h1,4-6,9,12,18H,2-3,7-8,10-11H2,(H,19,22,23)/t12-/m0/s1. The van der Waals surface area contributed by atoms with E-state index in [1.165, 1.54) is 12.8 Å². The van der Waals surface area contributed by atoms with Gasteiger partial charge in [-0.25, -0.2) is 4.79 Å². The van der Waals surface area contributed by atoms with Crippen LogP contribution in [0.2, 0.25) is 0 Å². The number of carbonyl (C=O) groups is 2. The van der Waals surface area contributed by atoms with Gasteiger partial charge in [0.25, 0.3) is 0 Å².